The number of nitrogen functional groups attached to an aromatic ring is 1. The predicted molar refractivity (Wildman–Crippen MR) is 93.8 cm³/mol. The van der Waals surface area contributed by atoms with Gasteiger partial charge in [0.05, 0.1) is 12.3 Å². The number of imidazole rings is 1. The van der Waals surface area contributed by atoms with E-state index >= 15 is 0 Å². The van der Waals surface area contributed by atoms with E-state index in [9.17, 15) is 39.3 Å². The van der Waals surface area contributed by atoms with Crippen LogP contribution in [-0.4, -0.2) is 94.2 Å². The number of aliphatic hydroxyl groups is 3. The first-order valence-electron chi connectivity index (χ1n) is 7.95. The number of carbonyl (C=O) groups is 3. The fourth-order valence-electron chi connectivity index (χ4n) is 2.80. The second kappa shape index (κ2) is 9.94. The number of nitrogens with zero attached hydrogens (tertiary/aromatic N) is 1. The third-order valence-corrected chi connectivity index (χ3v) is 5.34. The normalized spacial score (nSPS) is 25.6. The SMILES string of the molecule is NC=O.Nc1nc(C(C(=O)O)C(C(=O)O)P(=O)(O)O)[nH]c1C1O[C@H](CO)[C@@H](O)[C@H]1O. The van der Waals surface area contributed by atoms with E-state index in [2.05, 4.69) is 15.7 Å². The van der Waals surface area contributed by atoms with E-state index in [4.69, 9.17) is 25.5 Å². The highest BCUT2D eigenvalue weighted by atomic mass is 31.2. The number of carboxylic acids is 2. The Balaban J connectivity index is 0.00000141. The molecule has 1 amide bonds. The van der Waals surface area contributed by atoms with E-state index in [0.29, 0.717) is 0 Å². The Labute approximate surface area is 167 Å². The van der Waals surface area contributed by atoms with E-state index < -0.39 is 73.8 Å². The number of H-pyrrole nitrogens is 1. The number of carboxylic acid groups (broad SMARTS) is 2. The molecular weight excluding hydrogens is 435 g/mol. The number of hydrogen-bond acceptors (Lipinski definition) is 10. The molecule has 2 heterocycles. The summed E-state index contributed by atoms with van der Waals surface area (Å²) in [5, 5.41) is 47.2. The molecule has 0 saturated carbocycles. The average Bonchev–Trinajstić information content (AvgIpc) is 3.12. The van der Waals surface area contributed by atoms with Crippen molar-refractivity contribution in [3.05, 3.63) is 11.5 Å². The van der Waals surface area contributed by atoms with Gasteiger partial charge in [0.15, 0.2) is 5.66 Å². The van der Waals surface area contributed by atoms with E-state index in [1.54, 1.807) is 0 Å². The van der Waals surface area contributed by atoms with Gasteiger partial charge in [-0.25, -0.2) is 4.98 Å². The Morgan fingerprint density at radius 3 is 2.13 bits per heavy atom. The fraction of sp³-hybridized carbons (Fsp3) is 0.538. The van der Waals surface area contributed by atoms with Gasteiger partial charge < -0.3 is 56.5 Å². The average molecular weight is 456 g/mol. The van der Waals surface area contributed by atoms with E-state index in [-0.39, 0.29) is 12.1 Å². The molecule has 0 aromatic carbocycles. The summed E-state index contributed by atoms with van der Waals surface area (Å²) in [6, 6.07) is 0. The molecule has 1 saturated heterocycles. The molecule has 1 aromatic rings. The monoisotopic (exact) mass is 456 g/mol. The molecule has 0 bridgehead atoms. The van der Waals surface area contributed by atoms with Gasteiger partial charge in [0.1, 0.15) is 42.0 Å². The number of nitrogens with two attached hydrogens (primary N) is 2. The lowest BCUT2D eigenvalue weighted by molar-refractivity contribution is -0.145. The summed E-state index contributed by atoms with van der Waals surface area (Å²) in [4.78, 5) is 55.7. The molecule has 3 unspecified atom stereocenters. The van der Waals surface area contributed by atoms with E-state index in [1.807, 2.05) is 0 Å². The molecule has 6 atom stereocenters. The first-order chi connectivity index (χ1) is 13.8. The molecule has 0 radical (unpaired) electrons. The van der Waals surface area contributed by atoms with Crippen molar-refractivity contribution in [1.82, 2.24) is 9.97 Å². The lowest BCUT2D eigenvalue weighted by atomic mass is 10.0. The number of nitrogens with one attached hydrogen (secondary N) is 1. The van der Waals surface area contributed by atoms with Gasteiger partial charge in [-0.1, -0.05) is 0 Å². The number of carbonyl (C=O) groups excluding carboxylic acids is 1. The van der Waals surface area contributed by atoms with Crippen molar-refractivity contribution in [2.75, 3.05) is 12.3 Å². The number of aromatic amines is 1. The second-order valence-electron chi connectivity index (χ2n) is 6.00. The highest BCUT2D eigenvalue weighted by Gasteiger charge is 2.50. The smallest absolute Gasteiger partial charge is 0.341 e. The molecule has 30 heavy (non-hydrogen) atoms. The van der Waals surface area contributed by atoms with Gasteiger partial charge in [0, 0.05) is 0 Å². The first kappa shape index (κ1) is 25.4. The number of anilines is 1. The van der Waals surface area contributed by atoms with Crippen LogP contribution < -0.4 is 11.5 Å². The number of amides is 1. The summed E-state index contributed by atoms with van der Waals surface area (Å²) >= 11 is 0. The summed E-state index contributed by atoms with van der Waals surface area (Å²) < 4.78 is 16.7. The minimum Gasteiger partial charge on any atom is -0.481 e. The highest BCUT2D eigenvalue weighted by molar-refractivity contribution is 7.53. The predicted octanol–water partition coefficient (Wildman–Crippen LogP) is -3.95. The zero-order valence-corrected chi connectivity index (χ0v) is 15.9. The quantitative estimate of drug-likeness (QED) is 0.138. The summed E-state index contributed by atoms with van der Waals surface area (Å²) in [6.07, 6.45) is -5.37. The van der Waals surface area contributed by atoms with Crippen molar-refractivity contribution < 1.29 is 59.0 Å². The molecule has 16 nitrogen and oxygen atoms in total. The first-order valence-corrected chi connectivity index (χ1v) is 9.63. The molecule has 17 heteroatoms. The maximum absolute atomic E-state index is 11.5. The molecule has 2 rings (SSSR count). The van der Waals surface area contributed by atoms with Gasteiger partial charge in [-0.3, -0.25) is 18.9 Å². The van der Waals surface area contributed by atoms with Gasteiger partial charge in [0.2, 0.25) is 6.41 Å². The Morgan fingerprint density at radius 2 is 1.77 bits per heavy atom. The van der Waals surface area contributed by atoms with Crippen LogP contribution in [0, 0.1) is 0 Å². The van der Waals surface area contributed by atoms with Crippen LogP contribution in [0.3, 0.4) is 0 Å². The van der Waals surface area contributed by atoms with Crippen LogP contribution >= 0.6 is 7.60 Å². The molecule has 1 aliphatic heterocycles. The zero-order chi connectivity index (χ0) is 23.4. The minimum absolute atomic E-state index is 0.242. The summed E-state index contributed by atoms with van der Waals surface area (Å²) in [5.74, 6) is -7.40. The standard InChI is InChI=1S/C12H18N3O11P.CH3NO/c13-9-4(7-6(18)5(17)2(1-16)26-7)14-10(15-9)3(11(19)20)8(12(21)22)27(23,24)25;2-1-3/h2-3,5-8,16-18H,1,13H2,(H,14,15)(H,19,20)(H,21,22)(H2,23,24,25);1H,(H2,2,3)/t2-,3?,5-,6-,7?,8?;/m1./s1. The number of rotatable bonds is 7. The van der Waals surface area contributed by atoms with Crippen LogP contribution in [0.15, 0.2) is 0 Å². The van der Waals surface area contributed by atoms with Crippen LogP contribution in [0.25, 0.3) is 0 Å². The molecule has 1 aliphatic rings. The number of hydrogen-bond donors (Lipinski definition) is 10. The lowest BCUT2D eigenvalue weighted by Gasteiger charge is -2.19. The Morgan fingerprint density at radius 1 is 1.23 bits per heavy atom. The van der Waals surface area contributed by atoms with Crippen molar-refractivity contribution in [3.63, 3.8) is 0 Å². The van der Waals surface area contributed by atoms with Crippen molar-refractivity contribution in [1.29, 1.82) is 0 Å². The van der Waals surface area contributed by atoms with Crippen molar-refractivity contribution in [2.24, 2.45) is 5.73 Å². The van der Waals surface area contributed by atoms with Crippen molar-refractivity contribution >= 4 is 31.8 Å². The Kier molecular flexibility index (Phi) is 8.43. The third-order valence-electron chi connectivity index (χ3n) is 4.10. The number of ether oxygens (including phenoxy) is 1. The van der Waals surface area contributed by atoms with Gasteiger partial charge >= 0.3 is 19.5 Å². The number of primary amides is 1. The lowest BCUT2D eigenvalue weighted by Crippen LogP contribution is -2.34. The van der Waals surface area contributed by atoms with Gasteiger partial charge in [-0.05, 0) is 0 Å². The highest BCUT2D eigenvalue weighted by Crippen LogP contribution is 2.48. The molecule has 170 valence electrons. The van der Waals surface area contributed by atoms with Gasteiger partial charge in [-0.15, -0.1) is 0 Å². The van der Waals surface area contributed by atoms with Gasteiger partial charge in [-0.2, -0.15) is 0 Å². The van der Waals surface area contributed by atoms with E-state index in [1.165, 1.54) is 0 Å². The Bertz CT molecular complexity index is 825. The van der Waals surface area contributed by atoms with Crippen LogP contribution in [0.4, 0.5) is 5.82 Å². The largest absolute Gasteiger partial charge is 0.481 e. The van der Waals surface area contributed by atoms with Crippen LogP contribution in [0.1, 0.15) is 23.5 Å². The third kappa shape index (κ3) is 5.31. The van der Waals surface area contributed by atoms with Crippen LogP contribution in [-0.2, 0) is 23.7 Å². The molecule has 0 aliphatic carbocycles. The molecule has 12 N–H and O–H groups in total. The number of aromatic nitrogens is 2. The number of aliphatic carboxylic acids is 2. The van der Waals surface area contributed by atoms with Gasteiger partial charge in [0.25, 0.3) is 0 Å². The zero-order valence-electron chi connectivity index (χ0n) is 15.0. The van der Waals surface area contributed by atoms with Crippen LogP contribution in [0.5, 0.6) is 0 Å². The molecular formula is C13H21N4O12P. The minimum atomic E-state index is -5.41. The molecule has 1 fully saturated rings. The molecule has 0 spiro atoms. The number of aliphatic hydroxyl groups excluding tert-OH is 3. The maximum Gasteiger partial charge on any atom is 0.341 e. The van der Waals surface area contributed by atoms with E-state index in [0.717, 1.165) is 0 Å². The second-order valence-corrected chi connectivity index (χ2v) is 7.74. The fourth-order valence-corrected chi connectivity index (χ4v) is 3.75. The summed E-state index contributed by atoms with van der Waals surface area (Å²) in [7, 11) is -5.41. The topological polar surface area (TPSA) is 300 Å². The van der Waals surface area contributed by atoms with Crippen molar-refractivity contribution in [2.45, 2.75) is 36.0 Å². The Hall–Kier alpha value is -2.59. The summed E-state index contributed by atoms with van der Waals surface area (Å²) in [5.41, 5.74) is 6.90. The van der Waals surface area contributed by atoms with Crippen molar-refractivity contribution in [3.8, 4) is 0 Å². The van der Waals surface area contributed by atoms with Crippen LogP contribution in [0.2, 0.25) is 0 Å². The molecule has 1 aromatic heterocycles. The summed E-state index contributed by atoms with van der Waals surface area (Å²) in [6.45, 7) is -0.646. The maximum atomic E-state index is 11.5.